The number of anilines is 1. The molecule has 0 aliphatic carbocycles. The van der Waals surface area contributed by atoms with Gasteiger partial charge in [-0.3, -0.25) is 19.5 Å². The Morgan fingerprint density at radius 1 is 1.29 bits per heavy atom. The Labute approximate surface area is 205 Å². The smallest absolute Gasteiger partial charge is 0.412 e. The van der Waals surface area contributed by atoms with Gasteiger partial charge in [0, 0.05) is 19.0 Å². The predicted octanol–water partition coefficient (Wildman–Crippen LogP) is 3.44. The summed E-state index contributed by atoms with van der Waals surface area (Å²) in [6, 6.07) is 6.79. The third-order valence-corrected chi connectivity index (χ3v) is 5.54. The number of hydrogen-bond acceptors (Lipinski definition) is 7. The zero-order chi connectivity index (χ0) is 25.6. The lowest BCUT2D eigenvalue weighted by atomic mass is 10.1. The number of aryl methyl sites for hydroxylation is 1. The summed E-state index contributed by atoms with van der Waals surface area (Å²) in [6.45, 7) is 9.69. The highest BCUT2D eigenvalue weighted by Gasteiger charge is 2.31. The van der Waals surface area contributed by atoms with Gasteiger partial charge in [-0.1, -0.05) is 19.1 Å². The first kappa shape index (κ1) is 25.9. The minimum atomic E-state index is -0.582. The number of ether oxygens (including phenoxy) is 1. The largest absolute Gasteiger partial charge is 0.444 e. The molecule has 2 unspecified atom stereocenters. The number of carbonyl (C=O) groups excluding carboxylic acids is 2. The van der Waals surface area contributed by atoms with Gasteiger partial charge in [0.1, 0.15) is 23.2 Å². The van der Waals surface area contributed by atoms with Crippen molar-refractivity contribution in [1.29, 1.82) is 0 Å². The SMILES string of the molecule is CCC(C)Nc1cnc2n(c1=O)C(C(=O)NCc1ccc(/N=C/NC(=O)OC(C)(C)C)cc1)CC2. The van der Waals surface area contributed by atoms with E-state index in [4.69, 9.17) is 4.74 Å². The summed E-state index contributed by atoms with van der Waals surface area (Å²) >= 11 is 0. The maximum absolute atomic E-state index is 13.0. The van der Waals surface area contributed by atoms with E-state index in [9.17, 15) is 14.4 Å². The number of alkyl carbamates (subject to hydrolysis) is 1. The summed E-state index contributed by atoms with van der Waals surface area (Å²) in [5, 5.41) is 8.55. The molecule has 1 aromatic heterocycles. The maximum atomic E-state index is 13.0. The van der Waals surface area contributed by atoms with E-state index in [1.54, 1.807) is 39.1 Å². The van der Waals surface area contributed by atoms with Crippen LogP contribution in [-0.2, 0) is 22.5 Å². The van der Waals surface area contributed by atoms with Crippen molar-refractivity contribution < 1.29 is 14.3 Å². The van der Waals surface area contributed by atoms with Gasteiger partial charge in [-0.05, 0) is 58.2 Å². The van der Waals surface area contributed by atoms with Crippen LogP contribution in [0.25, 0.3) is 0 Å². The summed E-state index contributed by atoms with van der Waals surface area (Å²) in [4.78, 5) is 46.1. The van der Waals surface area contributed by atoms with E-state index in [0.717, 1.165) is 12.0 Å². The van der Waals surface area contributed by atoms with Gasteiger partial charge in [-0.15, -0.1) is 0 Å². The van der Waals surface area contributed by atoms with E-state index in [-0.39, 0.29) is 17.5 Å². The second-order valence-corrected chi connectivity index (χ2v) is 9.56. The van der Waals surface area contributed by atoms with Crippen LogP contribution < -0.4 is 21.5 Å². The Morgan fingerprint density at radius 2 is 2.00 bits per heavy atom. The summed E-state index contributed by atoms with van der Waals surface area (Å²) in [5.41, 5.74) is 1.14. The maximum Gasteiger partial charge on any atom is 0.412 e. The third kappa shape index (κ3) is 7.14. The lowest BCUT2D eigenvalue weighted by Gasteiger charge is -2.18. The molecule has 3 N–H and O–H groups in total. The topological polar surface area (TPSA) is 127 Å². The molecule has 0 saturated heterocycles. The lowest BCUT2D eigenvalue weighted by molar-refractivity contribution is -0.124. The molecule has 188 valence electrons. The van der Waals surface area contributed by atoms with Crippen molar-refractivity contribution in [2.75, 3.05) is 5.32 Å². The van der Waals surface area contributed by atoms with Gasteiger partial charge in [-0.25, -0.2) is 14.8 Å². The highest BCUT2D eigenvalue weighted by molar-refractivity contribution is 5.83. The van der Waals surface area contributed by atoms with Crippen LogP contribution in [0.2, 0.25) is 0 Å². The van der Waals surface area contributed by atoms with Crippen molar-refractivity contribution in [3.05, 3.63) is 52.2 Å². The Balaban J connectivity index is 1.56. The van der Waals surface area contributed by atoms with Crippen LogP contribution in [0.15, 0.2) is 40.2 Å². The molecule has 10 heteroatoms. The van der Waals surface area contributed by atoms with Crippen LogP contribution in [0.3, 0.4) is 0 Å². The number of amides is 2. The molecule has 3 rings (SSSR count). The highest BCUT2D eigenvalue weighted by Crippen LogP contribution is 2.23. The van der Waals surface area contributed by atoms with Gasteiger partial charge in [-0.2, -0.15) is 0 Å². The van der Waals surface area contributed by atoms with Gasteiger partial charge < -0.3 is 15.4 Å². The highest BCUT2D eigenvalue weighted by atomic mass is 16.6. The summed E-state index contributed by atoms with van der Waals surface area (Å²) in [7, 11) is 0. The Hall–Kier alpha value is -3.69. The van der Waals surface area contributed by atoms with Crippen LogP contribution >= 0.6 is 0 Å². The second-order valence-electron chi connectivity index (χ2n) is 9.56. The Kier molecular flexibility index (Phi) is 8.26. The fourth-order valence-corrected chi connectivity index (χ4v) is 3.59. The number of nitrogens with zero attached hydrogens (tertiary/aromatic N) is 3. The molecule has 2 aromatic rings. The minimum absolute atomic E-state index is 0.136. The molecule has 35 heavy (non-hydrogen) atoms. The first-order valence-electron chi connectivity index (χ1n) is 11.8. The average Bonchev–Trinajstić information content (AvgIpc) is 3.24. The number of nitrogens with one attached hydrogen (secondary N) is 3. The number of rotatable bonds is 8. The Bertz CT molecular complexity index is 1130. The molecule has 1 aliphatic rings. The van der Waals surface area contributed by atoms with E-state index in [2.05, 4.69) is 25.9 Å². The number of hydrogen-bond donors (Lipinski definition) is 3. The van der Waals surface area contributed by atoms with Gasteiger partial charge in [0.25, 0.3) is 5.56 Å². The van der Waals surface area contributed by atoms with Crippen molar-refractivity contribution in [2.24, 2.45) is 4.99 Å². The Morgan fingerprint density at radius 3 is 2.66 bits per heavy atom. The van der Waals surface area contributed by atoms with Crippen molar-refractivity contribution in [3.8, 4) is 0 Å². The molecule has 1 aliphatic heterocycles. The second kappa shape index (κ2) is 11.2. The van der Waals surface area contributed by atoms with E-state index >= 15 is 0 Å². The van der Waals surface area contributed by atoms with Crippen LogP contribution in [0.1, 0.15) is 64.9 Å². The standard InChI is InChI=1S/C25H34N6O4/c1-6-16(2)30-19-14-26-21-12-11-20(31(21)23(19)33)22(32)27-13-17-7-9-18(10-8-17)28-15-29-24(34)35-25(3,4)5/h7-10,14-16,20,30H,6,11-13H2,1-5H3,(H,27,32)(H,28,29,34). The fraction of sp³-hybridized carbons (Fsp3) is 0.480. The predicted molar refractivity (Wildman–Crippen MR) is 135 cm³/mol. The van der Waals surface area contributed by atoms with E-state index in [1.165, 1.54) is 10.9 Å². The van der Waals surface area contributed by atoms with Crippen LogP contribution in [0, 0.1) is 0 Å². The van der Waals surface area contributed by atoms with Crippen molar-refractivity contribution in [3.63, 3.8) is 0 Å². The molecule has 0 spiro atoms. The molecule has 2 amide bonds. The monoisotopic (exact) mass is 482 g/mol. The average molecular weight is 483 g/mol. The molecule has 0 fully saturated rings. The molecule has 2 heterocycles. The molecule has 0 saturated carbocycles. The van der Waals surface area contributed by atoms with Gasteiger partial charge in [0.15, 0.2) is 0 Å². The van der Waals surface area contributed by atoms with Crippen LogP contribution in [-0.4, -0.2) is 39.5 Å². The van der Waals surface area contributed by atoms with Gasteiger partial charge in [0.05, 0.1) is 18.2 Å². The number of aromatic nitrogens is 2. The first-order valence-corrected chi connectivity index (χ1v) is 11.8. The summed E-state index contributed by atoms with van der Waals surface area (Å²) in [5.74, 6) is 0.420. The number of aliphatic imine (C=N–C) groups is 1. The number of carbonyl (C=O) groups is 2. The molecule has 1 aromatic carbocycles. The van der Waals surface area contributed by atoms with Crippen molar-refractivity contribution in [2.45, 2.75) is 78.1 Å². The lowest BCUT2D eigenvalue weighted by Crippen LogP contribution is -2.36. The summed E-state index contributed by atoms with van der Waals surface area (Å²) in [6.07, 6.45) is 4.26. The number of fused-ring (bicyclic) bond motifs is 1. The van der Waals surface area contributed by atoms with Crippen molar-refractivity contribution >= 4 is 29.7 Å². The third-order valence-electron chi connectivity index (χ3n) is 5.54. The molecular weight excluding hydrogens is 448 g/mol. The zero-order valence-electron chi connectivity index (χ0n) is 20.9. The number of benzene rings is 1. The van der Waals surface area contributed by atoms with Crippen molar-refractivity contribution in [1.82, 2.24) is 20.2 Å². The quantitative estimate of drug-likeness (QED) is 0.391. The van der Waals surface area contributed by atoms with Gasteiger partial charge in [0.2, 0.25) is 5.91 Å². The van der Waals surface area contributed by atoms with E-state index < -0.39 is 17.7 Å². The van der Waals surface area contributed by atoms with Gasteiger partial charge >= 0.3 is 6.09 Å². The summed E-state index contributed by atoms with van der Waals surface area (Å²) < 4.78 is 6.65. The molecule has 10 nitrogen and oxygen atoms in total. The molecular formula is C25H34N6O4. The first-order chi connectivity index (χ1) is 16.6. The van der Waals surface area contributed by atoms with Crippen LogP contribution in [0.4, 0.5) is 16.2 Å². The fourth-order valence-electron chi connectivity index (χ4n) is 3.59. The molecule has 2 atom stereocenters. The normalized spacial score (nSPS) is 16.0. The van der Waals surface area contributed by atoms with E-state index in [0.29, 0.717) is 36.6 Å². The molecule has 0 bridgehead atoms. The zero-order valence-corrected chi connectivity index (χ0v) is 20.9. The minimum Gasteiger partial charge on any atom is -0.444 e. The van der Waals surface area contributed by atoms with E-state index in [1.807, 2.05) is 26.0 Å². The molecule has 0 radical (unpaired) electrons. The van der Waals surface area contributed by atoms with Crippen LogP contribution in [0.5, 0.6) is 0 Å².